The molecule has 0 aliphatic rings. The lowest BCUT2D eigenvalue weighted by Gasteiger charge is -1.91. The summed E-state index contributed by atoms with van der Waals surface area (Å²) >= 11 is 0. The van der Waals surface area contributed by atoms with Gasteiger partial charge >= 0.3 is 7.32 Å². The Hall–Kier alpha value is -0.0551. The minimum atomic E-state index is -1.31. The van der Waals surface area contributed by atoms with Crippen LogP contribution >= 0.6 is 0 Å². The first-order chi connectivity index (χ1) is 2.81. The van der Waals surface area contributed by atoms with Gasteiger partial charge in [-0.3, -0.25) is 0 Å². The molecule has 35 valence electrons. The molecular formula is C2H6BO3. The topological polar surface area (TPSA) is 38.4 Å². The first-order valence-electron chi connectivity index (χ1n) is 1.52. The van der Waals surface area contributed by atoms with Crippen LogP contribution in [0.4, 0.5) is 0 Å². The second-order valence-corrected chi connectivity index (χ2v) is 0.760. The fraction of sp³-hybridized carbons (Fsp3) is 1.00. The van der Waals surface area contributed by atoms with Gasteiger partial charge in [-0.25, -0.2) is 5.02 Å². The van der Waals surface area contributed by atoms with Gasteiger partial charge < -0.3 is 9.31 Å². The van der Waals surface area contributed by atoms with E-state index in [1.54, 1.807) is 0 Å². The van der Waals surface area contributed by atoms with Gasteiger partial charge in [-0.1, -0.05) is 0 Å². The van der Waals surface area contributed by atoms with E-state index in [1.165, 1.54) is 14.2 Å². The van der Waals surface area contributed by atoms with Crippen LogP contribution in [0.3, 0.4) is 0 Å². The van der Waals surface area contributed by atoms with Crippen molar-refractivity contribution in [1.82, 2.24) is 0 Å². The largest absolute Gasteiger partial charge is 0.666 e. The van der Waals surface area contributed by atoms with Crippen LogP contribution < -0.4 is 0 Å². The first-order valence-corrected chi connectivity index (χ1v) is 1.52. The quantitative estimate of drug-likeness (QED) is 0.435. The Morgan fingerprint density at radius 3 is 1.67 bits per heavy atom. The minimum absolute atomic E-state index is 1.29. The van der Waals surface area contributed by atoms with Crippen molar-refractivity contribution in [2.24, 2.45) is 0 Å². The van der Waals surface area contributed by atoms with Gasteiger partial charge in [-0.15, -0.1) is 0 Å². The average Bonchev–Trinajstić information content (AvgIpc) is 1.65. The zero-order valence-electron chi connectivity index (χ0n) is 3.80. The van der Waals surface area contributed by atoms with Crippen LogP contribution in [0.2, 0.25) is 0 Å². The van der Waals surface area contributed by atoms with Crippen LogP contribution in [-0.4, -0.2) is 21.5 Å². The molecule has 0 saturated carbocycles. The Kier molecular flexibility index (Phi) is 3.12. The Morgan fingerprint density at radius 1 is 1.33 bits per heavy atom. The normalized spacial score (nSPS) is 8.50. The minimum Gasteiger partial charge on any atom is -0.387 e. The second-order valence-electron chi connectivity index (χ2n) is 0.760. The summed E-state index contributed by atoms with van der Waals surface area (Å²) in [5.41, 5.74) is 0. The van der Waals surface area contributed by atoms with E-state index in [0.717, 1.165) is 0 Å². The second kappa shape index (κ2) is 3.15. The Bertz CT molecular complexity index is 28.0. The third kappa shape index (κ3) is 2.20. The van der Waals surface area contributed by atoms with E-state index in [4.69, 9.17) is 0 Å². The Balaban J connectivity index is 2.75. The van der Waals surface area contributed by atoms with E-state index in [0.29, 0.717) is 0 Å². The highest BCUT2D eigenvalue weighted by Gasteiger charge is 2.10. The maximum absolute atomic E-state index is 9.82. The van der Waals surface area contributed by atoms with Crippen LogP contribution in [0.25, 0.3) is 0 Å². The molecule has 0 atom stereocenters. The summed E-state index contributed by atoms with van der Waals surface area (Å²) in [5.74, 6) is 0. The Morgan fingerprint density at radius 2 is 1.67 bits per heavy atom. The third-order valence-electron chi connectivity index (χ3n) is 0.385. The van der Waals surface area contributed by atoms with Gasteiger partial charge in [0.1, 0.15) is 0 Å². The zero-order valence-corrected chi connectivity index (χ0v) is 3.80. The number of hydrogen-bond acceptors (Lipinski definition) is 2. The summed E-state index contributed by atoms with van der Waals surface area (Å²) in [7, 11) is 1.27. The summed E-state index contributed by atoms with van der Waals surface area (Å²) in [6, 6.07) is 0. The van der Waals surface area contributed by atoms with Crippen LogP contribution in [-0.2, 0) is 14.3 Å². The molecule has 3 nitrogen and oxygen atoms in total. The summed E-state index contributed by atoms with van der Waals surface area (Å²) in [6.07, 6.45) is 0. The molecule has 0 saturated heterocycles. The summed E-state index contributed by atoms with van der Waals surface area (Å²) in [4.78, 5) is 0. The molecule has 0 aromatic carbocycles. The molecular weight excluding hydrogens is 82.8 g/mol. The lowest BCUT2D eigenvalue weighted by atomic mass is 10.3. The maximum atomic E-state index is 9.82. The van der Waals surface area contributed by atoms with Crippen LogP contribution in [0.15, 0.2) is 0 Å². The number of hydrogen-bond donors (Lipinski definition) is 0. The van der Waals surface area contributed by atoms with Crippen molar-refractivity contribution < 1.29 is 14.3 Å². The highest BCUT2D eigenvalue weighted by Crippen LogP contribution is 1.73. The van der Waals surface area contributed by atoms with E-state index in [2.05, 4.69) is 9.31 Å². The van der Waals surface area contributed by atoms with Gasteiger partial charge in [0.15, 0.2) is 0 Å². The molecule has 0 spiro atoms. The molecule has 0 fully saturated rings. The van der Waals surface area contributed by atoms with Crippen molar-refractivity contribution in [3.63, 3.8) is 0 Å². The van der Waals surface area contributed by atoms with Gasteiger partial charge in [0.05, 0.1) is 0 Å². The molecule has 0 aliphatic carbocycles. The van der Waals surface area contributed by atoms with Gasteiger partial charge in [0.25, 0.3) is 0 Å². The summed E-state index contributed by atoms with van der Waals surface area (Å²) < 4.78 is 8.24. The molecule has 1 radical (unpaired) electrons. The monoisotopic (exact) mass is 89.0 g/mol. The van der Waals surface area contributed by atoms with Crippen molar-refractivity contribution in [3.8, 4) is 0 Å². The Labute approximate surface area is 37.1 Å². The van der Waals surface area contributed by atoms with Gasteiger partial charge in [-0.05, 0) is 0 Å². The van der Waals surface area contributed by atoms with Crippen LogP contribution in [0.1, 0.15) is 0 Å². The predicted molar refractivity (Wildman–Crippen MR) is 20.5 cm³/mol. The molecule has 0 N–H and O–H groups in total. The molecule has 0 heterocycles. The molecule has 0 aromatic heterocycles. The van der Waals surface area contributed by atoms with E-state index in [-0.39, 0.29) is 0 Å². The smallest absolute Gasteiger partial charge is 0.387 e. The highest BCUT2D eigenvalue weighted by atomic mass is 16.7. The van der Waals surface area contributed by atoms with Gasteiger partial charge in [0.2, 0.25) is 0 Å². The highest BCUT2D eigenvalue weighted by molar-refractivity contribution is 6.33. The fourth-order valence-corrected chi connectivity index (χ4v) is 0.0962. The SMILES string of the molecule is COB([O])OC. The van der Waals surface area contributed by atoms with E-state index in [1.807, 2.05) is 0 Å². The molecule has 6 heavy (non-hydrogen) atoms. The van der Waals surface area contributed by atoms with Gasteiger partial charge in [-0.2, -0.15) is 0 Å². The third-order valence-corrected chi connectivity index (χ3v) is 0.385. The fourth-order valence-electron chi connectivity index (χ4n) is 0.0962. The van der Waals surface area contributed by atoms with Gasteiger partial charge in [0, 0.05) is 14.2 Å². The van der Waals surface area contributed by atoms with Crippen molar-refractivity contribution in [2.75, 3.05) is 14.2 Å². The molecule has 0 bridgehead atoms. The van der Waals surface area contributed by atoms with Crippen molar-refractivity contribution >= 4 is 7.32 Å². The zero-order chi connectivity index (χ0) is 4.99. The van der Waals surface area contributed by atoms with E-state index in [9.17, 15) is 5.02 Å². The molecule has 0 amide bonds. The molecule has 4 heteroatoms. The van der Waals surface area contributed by atoms with E-state index >= 15 is 0 Å². The number of rotatable bonds is 2. The van der Waals surface area contributed by atoms with Crippen molar-refractivity contribution in [2.45, 2.75) is 0 Å². The predicted octanol–water partition coefficient (Wildman–Crippen LogP) is -0.305. The van der Waals surface area contributed by atoms with Crippen molar-refractivity contribution in [1.29, 1.82) is 0 Å². The van der Waals surface area contributed by atoms with Crippen LogP contribution in [0.5, 0.6) is 0 Å². The molecule has 0 aromatic rings. The summed E-state index contributed by atoms with van der Waals surface area (Å²) in [5, 5.41) is 9.82. The standard InChI is InChI=1S/C2H6BO3/c1-5-3(4)6-2/h1-2H3. The maximum Gasteiger partial charge on any atom is 0.666 e. The molecule has 0 unspecified atom stereocenters. The lowest BCUT2D eigenvalue weighted by molar-refractivity contribution is 0.160. The van der Waals surface area contributed by atoms with Crippen molar-refractivity contribution in [3.05, 3.63) is 0 Å². The first kappa shape index (κ1) is 5.94. The average molecular weight is 88.9 g/mol. The molecule has 0 aliphatic heterocycles. The van der Waals surface area contributed by atoms with E-state index < -0.39 is 7.32 Å². The lowest BCUT2D eigenvalue weighted by Crippen LogP contribution is -2.15. The summed E-state index contributed by atoms with van der Waals surface area (Å²) in [6.45, 7) is 0. The van der Waals surface area contributed by atoms with Crippen LogP contribution in [0, 0.1) is 0 Å². The molecule has 0 rings (SSSR count).